The van der Waals surface area contributed by atoms with E-state index in [1.807, 2.05) is 11.4 Å². The summed E-state index contributed by atoms with van der Waals surface area (Å²) < 4.78 is 10.7. The Morgan fingerprint density at radius 3 is 2.71 bits per heavy atom. The van der Waals surface area contributed by atoms with Crippen LogP contribution in [0.25, 0.3) is 0 Å². The van der Waals surface area contributed by atoms with Gasteiger partial charge in [-0.15, -0.1) is 36.2 Å². The number of hydrogen-bond acceptors (Lipinski definition) is 6. The zero-order chi connectivity index (χ0) is 18.5. The molecule has 1 aromatic carbocycles. The first-order valence-corrected chi connectivity index (χ1v) is 9.62. The molecule has 0 bridgehead atoms. The van der Waals surface area contributed by atoms with Gasteiger partial charge in [0.1, 0.15) is 5.75 Å². The van der Waals surface area contributed by atoms with Gasteiger partial charge in [-0.25, -0.2) is 0 Å². The van der Waals surface area contributed by atoms with E-state index in [-0.39, 0.29) is 36.8 Å². The maximum absolute atomic E-state index is 12.7. The van der Waals surface area contributed by atoms with Crippen LogP contribution >= 0.6 is 47.8 Å². The largest absolute Gasteiger partial charge is 0.496 e. The van der Waals surface area contributed by atoms with Gasteiger partial charge in [0.25, 0.3) is 5.91 Å². The van der Waals surface area contributed by atoms with Gasteiger partial charge in [0.05, 0.1) is 42.6 Å². The lowest BCUT2D eigenvalue weighted by Gasteiger charge is -2.34. The minimum atomic E-state index is -0.237. The Kier molecular flexibility index (Phi) is 10.4. The normalized spacial score (nSPS) is 15.1. The van der Waals surface area contributed by atoms with Crippen molar-refractivity contribution in [3.05, 3.63) is 45.1 Å². The van der Waals surface area contributed by atoms with Gasteiger partial charge in [-0.2, -0.15) is 0 Å². The minimum Gasteiger partial charge on any atom is -0.496 e. The summed E-state index contributed by atoms with van der Waals surface area (Å²) in [5.74, 6) is 0.169. The fraction of sp³-hybridized carbons (Fsp3) is 0.389. The first kappa shape index (κ1) is 24.8. The van der Waals surface area contributed by atoms with Crippen LogP contribution in [0.2, 0.25) is 5.02 Å². The fourth-order valence-electron chi connectivity index (χ4n) is 2.98. The lowest BCUT2D eigenvalue weighted by Crippen LogP contribution is -2.43. The van der Waals surface area contributed by atoms with Crippen LogP contribution in [0.4, 0.5) is 5.69 Å². The number of nitrogens with one attached hydrogen (secondary N) is 1. The Hall–Kier alpha value is -1.22. The first-order chi connectivity index (χ1) is 12.6. The number of nitrogens with two attached hydrogens (primary N) is 1. The van der Waals surface area contributed by atoms with Crippen molar-refractivity contribution in [2.45, 2.75) is 6.04 Å². The molecular formula is C18H24Cl3N3O3S. The van der Waals surface area contributed by atoms with Gasteiger partial charge in [-0.05, 0) is 17.5 Å². The smallest absolute Gasteiger partial charge is 0.255 e. The van der Waals surface area contributed by atoms with Crippen LogP contribution in [0.15, 0.2) is 29.6 Å². The number of hydrogen-bond donors (Lipinski definition) is 2. The number of methoxy groups -OCH3 is 1. The number of nitrogen functional groups attached to an aromatic ring is 1. The molecule has 28 heavy (non-hydrogen) atoms. The number of morpholine rings is 1. The molecular weight excluding hydrogens is 445 g/mol. The molecule has 1 unspecified atom stereocenters. The molecule has 1 aromatic heterocycles. The molecule has 0 spiro atoms. The highest BCUT2D eigenvalue weighted by atomic mass is 35.5. The van der Waals surface area contributed by atoms with Crippen LogP contribution in [0.1, 0.15) is 21.3 Å². The van der Waals surface area contributed by atoms with Gasteiger partial charge in [0.15, 0.2) is 0 Å². The van der Waals surface area contributed by atoms with E-state index in [1.165, 1.54) is 12.0 Å². The highest BCUT2D eigenvalue weighted by molar-refractivity contribution is 7.10. The van der Waals surface area contributed by atoms with Crippen molar-refractivity contribution in [2.75, 3.05) is 45.7 Å². The maximum atomic E-state index is 12.7. The molecule has 1 aliphatic heterocycles. The molecule has 156 valence electrons. The molecule has 2 heterocycles. The molecule has 6 nitrogen and oxygen atoms in total. The zero-order valence-electron chi connectivity index (χ0n) is 15.4. The summed E-state index contributed by atoms with van der Waals surface area (Å²) in [7, 11) is 1.50. The van der Waals surface area contributed by atoms with Crippen LogP contribution in [0, 0.1) is 0 Å². The van der Waals surface area contributed by atoms with Crippen molar-refractivity contribution in [3.63, 3.8) is 0 Å². The number of rotatable bonds is 6. The summed E-state index contributed by atoms with van der Waals surface area (Å²) in [6.07, 6.45) is 0. The van der Waals surface area contributed by atoms with Gasteiger partial charge in [0, 0.05) is 30.6 Å². The van der Waals surface area contributed by atoms with E-state index in [1.54, 1.807) is 23.5 Å². The number of anilines is 1. The van der Waals surface area contributed by atoms with Crippen molar-refractivity contribution < 1.29 is 14.3 Å². The fourth-order valence-corrected chi connectivity index (χ4v) is 4.00. The monoisotopic (exact) mass is 467 g/mol. The van der Waals surface area contributed by atoms with Crippen molar-refractivity contribution >= 4 is 59.3 Å². The molecule has 0 aliphatic carbocycles. The summed E-state index contributed by atoms with van der Waals surface area (Å²) in [5.41, 5.74) is 6.54. The van der Waals surface area contributed by atoms with Gasteiger partial charge in [-0.3, -0.25) is 9.69 Å². The van der Waals surface area contributed by atoms with Gasteiger partial charge in [0.2, 0.25) is 0 Å². The summed E-state index contributed by atoms with van der Waals surface area (Å²) in [6.45, 7) is 3.59. The van der Waals surface area contributed by atoms with Crippen molar-refractivity contribution in [1.29, 1.82) is 0 Å². The lowest BCUT2D eigenvalue weighted by molar-refractivity contribution is 0.0169. The van der Waals surface area contributed by atoms with E-state index in [2.05, 4.69) is 16.3 Å². The third-order valence-electron chi connectivity index (χ3n) is 4.38. The van der Waals surface area contributed by atoms with E-state index in [0.717, 1.165) is 13.1 Å². The third-order valence-corrected chi connectivity index (χ3v) is 5.68. The molecule has 2 aromatic rings. The molecule has 3 rings (SSSR count). The predicted molar refractivity (Wildman–Crippen MR) is 119 cm³/mol. The second kappa shape index (κ2) is 11.7. The average molecular weight is 469 g/mol. The van der Waals surface area contributed by atoms with Crippen LogP contribution in [-0.4, -0.2) is 50.8 Å². The lowest BCUT2D eigenvalue weighted by atomic mass is 10.1. The molecule has 0 saturated carbocycles. The minimum absolute atomic E-state index is 0. The van der Waals surface area contributed by atoms with Crippen molar-refractivity contribution in [3.8, 4) is 5.75 Å². The summed E-state index contributed by atoms with van der Waals surface area (Å²) in [6, 6.07) is 7.34. The highest BCUT2D eigenvalue weighted by Gasteiger charge is 2.25. The number of carbonyl (C=O) groups is 1. The molecule has 3 N–H and O–H groups in total. The van der Waals surface area contributed by atoms with E-state index in [4.69, 9.17) is 26.8 Å². The number of nitrogens with zero attached hydrogens (tertiary/aromatic N) is 1. The zero-order valence-corrected chi connectivity index (χ0v) is 18.6. The quantitative estimate of drug-likeness (QED) is 0.633. The number of ether oxygens (including phenoxy) is 2. The Labute approximate surface area is 186 Å². The topological polar surface area (TPSA) is 76.8 Å². The summed E-state index contributed by atoms with van der Waals surface area (Å²) in [4.78, 5) is 16.3. The summed E-state index contributed by atoms with van der Waals surface area (Å²) >= 11 is 7.76. The number of halogens is 3. The van der Waals surface area contributed by atoms with Gasteiger partial charge >= 0.3 is 0 Å². The molecule has 1 fully saturated rings. The van der Waals surface area contributed by atoms with E-state index in [9.17, 15) is 4.79 Å². The van der Waals surface area contributed by atoms with Gasteiger partial charge < -0.3 is 20.5 Å². The number of thiophene rings is 1. The van der Waals surface area contributed by atoms with E-state index >= 15 is 0 Å². The second-order valence-electron chi connectivity index (χ2n) is 5.96. The Balaban J connectivity index is 0.00000196. The molecule has 0 radical (unpaired) electrons. The molecule has 1 atom stereocenters. The molecule has 1 amide bonds. The standard InChI is InChI=1S/C18H22ClN3O3S.2ClH/c1-24-16-10-14(20)13(19)9-12(16)18(23)21-11-15(17-3-2-8-26-17)22-4-6-25-7-5-22;;/h2-3,8-10,15H,4-7,11,20H2,1H3,(H,21,23);2*1H. The second-order valence-corrected chi connectivity index (χ2v) is 7.35. The maximum Gasteiger partial charge on any atom is 0.255 e. The van der Waals surface area contributed by atoms with Crippen LogP contribution in [0.3, 0.4) is 0 Å². The molecule has 10 heteroatoms. The number of benzene rings is 1. The number of amides is 1. The third kappa shape index (κ3) is 5.89. The molecule has 1 saturated heterocycles. The first-order valence-electron chi connectivity index (χ1n) is 8.36. The predicted octanol–water partition coefficient (Wildman–Crippen LogP) is 3.64. The molecule has 1 aliphatic rings. The van der Waals surface area contributed by atoms with Crippen LogP contribution in [-0.2, 0) is 4.74 Å². The Morgan fingerprint density at radius 1 is 1.39 bits per heavy atom. The van der Waals surface area contributed by atoms with Crippen LogP contribution in [0.5, 0.6) is 5.75 Å². The van der Waals surface area contributed by atoms with E-state index in [0.29, 0.717) is 41.8 Å². The SMILES string of the molecule is COc1cc(N)c(Cl)cc1C(=O)NCC(c1cccs1)N1CCOCC1.Cl.Cl. The average Bonchev–Trinajstić information content (AvgIpc) is 3.19. The Morgan fingerprint density at radius 2 is 2.11 bits per heavy atom. The van der Waals surface area contributed by atoms with Gasteiger partial charge in [-0.1, -0.05) is 17.7 Å². The number of carbonyl (C=O) groups excluding carboxylic acids is 1. The van der Waals surface area contributed by atoms with E-state index < -0.39 is 0 Å². The highest BCUT2D eigenvalue weighted by Crippen LogP contribution is 2.29. The summed E-state index contributed by atoms with van der Waals surface area (Å²) in [5, 5.41) is 5.39. The van der Waals surface area contributed by atoms with Crippen molar-refractivity contribution in [1.82, 2.24) is 10.2 Å². The van der Waals surface area contributed by atoms with Crippen LogP contribution < -0.4 is 15.8 Å². The Bertz CT molecular complexity index is 756. The van der Waals surface area contributed by atoms with Crippen molar-refractivity contribution in [2.24, 2.45) is 0 Å².